The van der Waals surface area contributed by atoms with E-state index < -0.39 is 58.8 Å². The van der Waals surface area contributed by atoms with Crippen LogP contribution in [-0.4, -0.2) is 25.3 Å². The predicted octanol–water partition coefficient (Wildman–Crippen LogP) is 3.24. The van der Waals surface area contributed by atoms with Crippen molar-refractivity contribution in [2.75, 3.05) is 13.2 Å². The Kier molecular flexibility index (Phi) is 4.95. The van der Waals surface area contributed by atoms with Crippen molar-refractivity contribution in [2.24, 2.45) is 5.41 Å². The van der Waals surface area contributed by atoms with Gasteiger partial charge in [0.15, 0.2) is 0 Å². The zero-order chi connectivity index (χ0) is 18.1. The number of carbonyl (C=O) groups is 2. The molecule has 1 aliphatic heterocycles. The molecule has 0 aromatic heterocycles. The third-order valence-electron chi connectivity index (χ3n) is 3.40. The highest BCUT2D eigenvalue weighted by Crippen LogP contribution is 2.31. The molecule has 10 heteroatoms. The van der Waals surface area contributed by atoms with Crippen LogP contribution in [-0.2, 0) is 14.3 Å². The van der Waals surface area contributed by atoms with Crippen LogP contribution in [0.3, 0.4) is 0 Å². The Bertz CT molecular complexity index is 652. The largest absolute Gasteiger partial charge is 0.508 e. The summed E-state index contributed by atoms with van der Waals surface area (Å²) in [4.78, 5) is 22.4. The Morgan fingerprint density at radius 2 is 1.46 bits per heavy atom. The van der Waals surface area contributed by atoms with E-state index in [4.69, 9.17) is 0 Å². The van der Waals surface area contributed by atoms with Gasteiger partial charge in [-0.1, -0.05) is 6.92 Å². The quantitative estimate of drug-likeness (QED) is 0.273. The van der Waals surface area contributed by atoms with Gasteiger partial charge in [-0.15, -0.1) is 0 Å². The number of hydrogen-bond donors (Lipinski definition) is 0. The molecule has 0 radical (unpaired) electrons. The van der Waals surface area contributed by atoms with Crippen LogP contribution in [0.15, 0.2) is 0 Å². The normalized spacial score (nSPS) is 16.3. The summed E-state index contributed by atoms with van der Waals surface area (Å²) in [5.74, 6) is -14.1. The van der Waals surface area contributed by atoms with E-state index in [-0.39, 0.29) is 19.6 Å². The van der Waals surface area contributed by atoms with Gasteiger partial charge in [-0.3, -0.25) is 4.79 Å². The molecule has 2 rings (SSSR count). The highest BCUT2D eigenvalue weighted by atomic mass is 19.2. The minimum atomic E-state index is -2.35. The van der Waals surface area contributed by atoms with Gasteiger partial charge >= 0.3 is 12.1 Å². The number of benzene rings is 1. The van der Waals surface area contributed by atoms with Gasteiger partial charge in [0.1, 0.15) is 13.2 Å². The van der Waals surface area contributed by atoms with Gasteiger partial charge in [-0.05, 0) is 6.42 Å². The molecule has 1 aliphatic rings. The van der Waals surface area contributed by atoms with E-state index in [2.05, 4.69) is 14.2 Å². The molecular formula is C14H11F5O5. The molecule has 1 aromatic carbocycles. The van der Waals surface area contributed by atoms with Gasteiger partial charge in [-0.2, -0.15) is 8.78 Å². The second-order valence-corrected chi connectivity index (χ2v) is 5.51. The maximum Gasteiger partial charge on any atom is 0.508 e. The van der Waals surface area contributed by atoms with Crippen molar-refractivity contribution in [1.82, 2.24) is 0 Å². The molecule has 0 N–H and O–H groups in total. The molecule has 1 aromatic rings. The lowest BCUT2D eigenvalue weighted by Gasteiger charge is -2.31. The minimum absolute atomic E-state index is 0.0362. The summed E-state index contributed by atoms with van der Waals surface area (Å²) in [5.41, 5.74) is -0.747. The summed E-state index contributed by atoms with van der Waals surface area (Å²) in [6.45, 7) is 1.51. The SMILES string of the molecule is CC1(CCC(=O)Oc2c(F)c(F)c(F)c(F)c2F)COC(=O)OC1. The van der Waals surface area contributed by atoms with Crippen LogP contribution >= 0.6 is 0 Å². The van der Waals surface area contributed by atoms with Crippen molar-refractivity contribution in [1.29, 1.82) is 0 Å². The van der Waals surface area contributed by atoms with Crippen LogP contribution in [0.4, 0.5) is 26.7 Å². The molecule has 1 heterocycles. The summed E-state index contributed by atoms with van der Waals surface area (Å²) >= 11 is 0. The average molecular weight is 354 g/mol. The van der Waals surface area contributed by atoms with Crippen molar-refractivity contribution < 1.29 is 45.8 Å². The molecular weight excluding hydrogens is 343 g/mol. The van der Waals surface area contributed by atoms with E-state index in [1.165, 1.54) is 0 Å². The Labute approximate surface area is 132 Å². The summed E-state index contributed by atoms with van der Waals surface area (Å²) in [7, 11) is 0. The molecule has 0 unspecified atom stereocenters. The molecule has 0 atom stereocenters. The van der Waals surface area contributed by atoms with E-state index in [1.807, 2.05) is 0 Å². The van der Waals surface area contributed by atoms with E-state index in [9.17, 15) is 31.5 Å². The fourth-order valence-corrected chi connectivity index (χ4v) is 1.94. The molecule has 1 fully saturated rings. The third kappa shape index (κ3) is 3.57. The van der Waals surface area contributed by atoms with Crippen LogP contribution < -0.4 is 4.74 Å². The van der Waals surface area contributed by atoms with Crippen LogP contribution in [0.2, 0.25) is 0 Å². The summed E-state index contributed by atoms with van der Waals surface area (Å²) in [6, 6.07) is 0. The van der Waals surface area contributed by atoms with E-state index >= 15 is 0 Å². The monoisotopic (exact) mass is 354 g/mol. The molecule has 0 aliphatic carbocycles. The van der Waals surface area contributed by atoms with Gasteiger partial charge in [0.05, 0.1) is 0 Å². The lowest BCUT2D eigenvalue weighted by Crippen LogP contribution is -2.37. The van der Waals surface area contributed by atoms with Gasteiger partial charge in [0.2, 0.25) is 34.8 Å². The predicted molar refractivity (Wildman–Crippen MR) is 66.5 cm³/mol. The highest BCUT2D eigenvalue weighted by molar-refractivity contribution is 5.72. The molecule has 0 saturated carbocycles. The molecule has 132 valence electrons. The van der Waals surface area contributed by atoms with Gasteiger partial charge < -0.3 is 14.2 Å². The zero-order valence-electron chi connectivity index (χ0n) is 12.3. The molecule has 1 saturated heterocycles. The molecule has 0 spiro atoms. The highest BCUT2D eigenvalue weighted by Gasteiger charge is 2.34. The van der Waals surface area contributed by atoms with E-state index in [0.717, 1.165) is 0 Å². The number of cyclic esters (lactones) is 2. The number of rotatable bonds is 4. The standard InChI is InChI=1S/C14H11F5O5/c1-14(4-22-13(21)23-5-14)3-2-6(20)24-12-10(18)8(16)7(15)9(17)11(12)19/h2-5H2,1H3. The number of ether oxygens (including phenoxy) is 3. The first-order valence-corrected chi connectivity index (χ1v) is 6.66. The van der Waals surface area contributed by atoms with Gasteiger partial charge in [0, 0.05) is 11.8 Å². The molecule has 24 heavy (non-hydrogen) atoms. The second kappa shape index (κ2) is 6.62. The Balaban J connectivity index is 2.04. The van der Waals surface area contributed by atoms with E-state index in [1.54, 1.807) is 6.92 Å². The summed E-state index contributed by atoms with van der Waals surface area (Å²) in [5, 5.41) is 0. The lowest BCUT2D eigenvalue weighted by molar-refractivity contribution is -0.136. The Hall–Kier alpha value is -2.39. The second-order valence-electron chi connectivity index (χ2n) is 5.51. The van der Waals surface area contributed by atoms with Crippen LogP contribution in [0.5, 0.6) is 5.75 Å². The maximum absolute atomic E-state index is 13.4. The fourth-order valence-electron chi connectivity index (χ4n) is 1.94. The maximum atomic E-state index is 13.4. The van der Waals surface area contributed by atoms with Crippen molar-refractivity contribution in [2.45, 2.75) is 19.8 Å². The van der Waals surface area contributed by atoms with Crippen molar-refractivity contribution in [3.05, 3.63) is 29.1 Å². The third-order valence-corrected chi connectivity index (χ3v) is 3.40. The first-order chi connectivity index (χ1) is 11.1. The molecule has 5 nitrogen and oxygen atoms in total. The van der Waals surface area contributed by atoms with Crippen molar-refractivity contribution in [3.8, 4) is 5.75 Å². The van der Waals surface area contributed by atoms with Crippen molar-refractivity contribution in [3.63, 3.8) is 0 Å². The van der Waals surface area contributed by atoms with Crippen LogP contribution in [0.25, 0.3) is 0 Å². The average Bonchev–Trinajstić information content (AvgIpc) is 2.56. The lowest BCUT2D eigenvalue weighted by atomic mass is 9.87. The minimum Gasteiger partial charge on any atom is -0.434 e. The fraction of sp³-hybridized carbons (Fsp3) is 0.429. The number of halogens is 5. The van der Waals surface area contributed by atoms with Gasteiger partial charge in [-0.25, -0.2) is 18.0 Å². The zero-order valence-corrected chi connectivity index (χ0v) is 12.3. The Morgan fingerprint density at radius 3 is 1.96 bits per heavy atom. The van der Waals surface area contributed by atoms with Crippen molar-refractivity contribution >= 4 is 12.1 Å². The number of hydrogen-bond acceptors (Lipinski definition) is 5. The van der Waals surface area contributed by atoms with Gasteiger partial charge in [0.25, 0.3) is 0 Å². The Morgan fingerprint density at radius 1 is 1.00 bits per heavy atom. The summed E-state index contributed by atoms with van der Waals surface area (Å²) in [6.07, 6.45) is -1.25. The smallest absolute Gasteiger partial charge is 0.434 e. The summed E-state index contributed by atoms with van der Waals surface area (Å²) < 4.78 is 79.3. The van der Waals surface area contributed by atoms with Crippen LogP contribution in [0.1, 0.15) is 19.8 Å². The molecule has 0 amide bonds. The molecule has 0 bridgehead atoms. The first-order valence-electron chi connectivity index (χ1n) is 6.66. The number of carbonyl (C=O) groups excluding carboxylic acids is 2. The van der Waals surface area contributed by atoms with Crippen LogP contribution in [0, 0.1) is 34.5 Å². The number of esters is 1. The first kappa shape index (κ1) is 18.0. The van der Waals surface area contributed by atoms with E-state index in [0.29, 0.717) is 0 Å². The topological polar surface area (TPSA) is 61.8 Å².